The molecule has 1 unspecified atom stereocenters. The fourth-order valence-electron chi connectivity index (χ4n) is 2.68. The topological polar surface area (TPSA) is 24.9 Å². The van der Waals surface area contributed by atoms with Crippen molar-refractivity contribution < 1.29 is 4.39 Å². The van der Waals surface area contributed by atoms with Gasteiger partial charge in [0.25, 0.3) is 0 Å². The Bertz CT molecular complexity index is 712. The summed E-state index contributed by atoms with van der Waals surface area (Å²) in [5.41, 5.74) is 3.19. The van der Waals surface area contributed by atoms with Crippen molar-refractivity contribution in [3.8, 4) is 0 Å². The van der Waals surface area contributed by atoms with Gasteiger partial charge in [0.15, 0.2) is 0 Å². The molecule has 0 fully saturated rings. The minimum absolute atomic E-state index is 0.146. The van der Waals surface area contributed by atoms with Gasteiger partial charge in [0.1, 0.15) is 5.82 Å². The van der Waals surface area contributed by atoms with Crippen LogP contribution in [0.15, 0.2) is 79.0 Å². The molecular formula is C20H19FN2. The quantitative estimate of drug-likeness (QED) is 0.704. The fraction of sp³-hybridized carbons (Fsp3) is 0.150. The van der Waals surface area contributed by atoms with E-state index >= 15 is 0 Å². The Kier molecular flexibility index (Phi) is 4.99. The Morgan fingerprint density at radius 2 is 1.61 bits per heavy atom. The summed E-state index contributed by atoms with van der Waals surface area (Å²) in [7, 11) is 0. The van der Waals surface area contributed by atoms with Crippen LogP contribution < -0.4 is 5.32 Å². The maximum Gasteiger partial charge on any atom is 0.123 e. The van der Waals surface area contributed by atoms with Crippen LogP contribution in [0.2, 0.25) is 0 Å². The lowest BCUT2D eigenvalue weighted by Gasteiger charge is -2.18. The molecular weight excluding hydrogens is 287 g/mol. The van der Waals surface area contributed by atoms with Crippen LogP contribution in [0.25, 0.3) is 0 Å². The van der Waals surface area contributed by atoms with Crippen LogP contribution in [0, 0.1) is 5.82 Å². The predicted octanol–water partition coefficient (Wildman–Crippen LogP) is 4.85. The molecule has 0 radical (unpaired) electrons. The highest BCUT2D eigenvalue weighted by atomic mass is 19.1. The maximum atomic E-state index is 13.2. The van der Waals surface area contributed by atoms with E-state index in [1.54, 1.807) is 6.20 Å². The van der Waals surface area contributed by atoms with Crippen LogP contribution in [0.4, 0.5) is 10.1 Å². The zero-order valence-electron chi connectivity index (χ0n) is 12.8. The first kappa shape index (κ1) is 15.2. The van der Waals surface area contributed by atoms with E-state index in [1.165, 1.54) is 12.1 Å². The molecule has 2 nitrogen and oxygen atoms in total. The van der Waals surface area contributed by atoms with E-state index in [0.29, 0.717) is 0 Å². The summed E-state index contributed by atoms with van der Waals surface area (Å²) in [6, 6.07) is 22.8. The average Bonchev–Trinajstić information content (AvgIpc) is 2.61. The van der Waals surface area contributed by atoms with Gasteiger partial charge < -0.3 is 5.32 Å². The van der Waals surface area contributed by atoms with Gasteiger partial charge in [0, 0.05) is 30.0 Å². The van der Waals surface area contributed by atoms with Crippen molar-refractivity contribution in [1.29, 1.82) is 0 Å². The number of halogens is 1. The van der Waals surface area contributed by atoms with Crippen molar-refractivity contribution in [2.24, 2.45) is 0 Å². The van der Waals surface area contributed by atoms with E-state index in [2.05, 4.69) is 10.3 Å². The highest BCUT2D eigenvalue weighted by Gasteiger charge is 2.15. The van der Waals surface area contributed by atoms with Gasteiger partial charge in [-0.2, -0.15) is 0 Å². The molecule has 1 N–H and O–H groups in total. The standard InChI is InChI=1S/C20H19FN2/c21-17-11-9-16(10-12-17)19(20-8-4-5-14-23-20)13-15-22-18-6-2-1-3-7-18/h1-12,14,19,22H,13,15H2. The van der Waals surface area contributed by atoms with E-state index in [-0.39, 0.29) is 11.7 Å². The summed E-state index contributed by atoms with van der Waals surface area (Å²) < 4.78 is 13.2. The summed E-state index contributed by atoms with van der Waals surface area (Å²) in [5.74, 6) is -0.0658. The lowest BCUT2D eigenvalue weighted by Crippen LogP contribution is -2.10. The van der Waals surface area contributed by atoms with Gasteiger partial charge in [0.2, 0.25) is 0 Å². The number of hydrogen-bond acceptors (Lipinski definition) is 2. The predicted molar refractivity (Wildman–Crippen MR) is 92.0 cm³/mol. The summed E-state index contributed by atoms with van der Waals surface area (Å²) in [5, 5.41) is 3.42. The minimum Gasteiger partial charge on any atom is -0.385 e. The molecule has 1 heterocycles. The van der Waals surface area contributed by atoms with Crippen LogP contribution in [-0.4, -0.2) is 11.5 Å². The molecule has 0 saturated carbocycles. The Labute approximate surface area is 136 Å². The number of benzene rings is 2. The zero-order chi connectivity index (χ0) is 15.9. The third-order valence-electron chi connectivity index (χ3n) is 3.85. The number of rotatable bonds is 6. The lowest BCUT2D eigenvalue weighted by molar-refractivity contribution is 0.625. The maximum absolute atomic E-state index is 13.2. The summed E-state index contributed by atoms with van der Waals surface area (Å²) in [4.78, 5) is 4.48. The number of nitrogens with one attached hydrogen (secondary N) is 1. The van der Waals surface area contributed by atoms with Gasteiger partial charge >= 0.3 is 0 Å². The first-order valence-electron chi connectivity index (χ1n) is 7.78. The Morgan fingerprint density at radius 1 is 0.870 bits per heavy atom. The van der Waals surface area contributed by atoms with Crippen LogP contribution >= 0.6 is 0 Å². The molecule has 116 valence electrons. The fourth-order valence-corrected chi connectivity index (χ4v) is 2.68. The third kappa shape index (κ3) is 4.16. The molecule has 1 aromatic heterocycles. The number of aromatic nitrogens is 1. The first-order valence-corrected chi connectivity index (χ1v) is 7.78. The molecule has 0 saturated heterocycles. The highest BCUT2D eigenvalue weighted by Crippen LogP contribution is 2.26. The van der Waals surface area contributed by atoms with E-state index in [9.17, 15) is 4.39 Å². The molecule has 0 bridgehead atoms. The zero-order valence-corrected chi connectivity index (χ0v) is 12.8. The molecule has 0 aliphatic heterocycles. The van der Waals surface area contributed by atoms with E-state index < -0.39 is 0 Å². The largest absolute Gasteiger partial charge is 0.385 e. The number of nitrogens with zero attached hydrogens (tertiary/aromatic N) is 1. The van der Waals surface area contributed by atoms with Crippen LogP contribution in [0.5, 0.6) is 0 Å². The number of para-hydroxylation sites is 1. The van der Waals surface area contributed by atoms with Crippen molar-refractivity contribution in [3.05, 3.63) is 96.1 Å². The second-order valence-electron chi connectivity index (χ2n) is 5.44. The van der Waals surface area contributed by atoms with Gasteiger partial charge in [-0.15, -0.1) is 0 Å². The number of pyridine rings is 1. The van der Waals surface area contributed by atoms with E-state index in [4.69, 9.17) is 0 Å². The van der Waals surface area contributed by atoms with E-state index in [1.807, 2.05) is 60.7 Å². The van der Waals surface area contributed by atoms with E-state index in [0.717, 1.165) is 29.9 Å². The van der Waals surface area contributed by atoms with Gasteiger partial charge in [-0.25, -0.2) is 4.39 Å². The van der Waals surface area contributed by atoms with Gasteiger partial charge in [-0.05, 0) is 48.4 Å². The summed E-state index contributed by atoms with van der Waals surface area (Å²) in [6.07, 6.45) is 2.69. The smallest absolute Gasteiger partial charge is 0.123 e. The van der Waals surface area contributed by atoms with Crippen LogP contribution in [0.1, 0.15) is 23.6 Å². The summed E-state index contributed by atoms with van der Waals surface area (Å²) in [6.45, 7) is 0.822. The second kappa shape index (κ2) is 7.54. The molecule has 2 aromatic carbocycles. The molecule has 0 amide bonds. The molecule has 3 rings (SSSR count). The average molecular weight is 306 g/mol. The molecule has 23 heavy (non-hydrogen) atoms. The molecule has 0 spiro atoms. The Morgan fingerprint density at radius 3 is 2.30 bits per heavy atom. The molecule has 1 atom stereocenters. The Balaban J connectivity index is 1.74. The van der Waals surface area contributed by atoms with Crippen molar-refractivity contribution in [1.82, 2.24) is 4.98 Å². The normalized spacial score (nSPS) is 11.9. The first-order chi connectivity index (χ1) is 11.3. The lowest BCUT2D eigenvalue weighted by atomic mass is 9.92. The molecule has 3 heteroatoms. The van der Waals surface area contributed by atoms with Gasteiger partial charge in [-0.3, -0.25) is 4.98 Å². The van der Waals surface area contributed by atoms with Crippen molar-refractivity contribution in [2.45, 2.75) is 12.3 Å². The SMILES string of the molecule is Fc1ccc(C(CCNc2ccccc2)c2ccccn2)cc1. The van der Waals surface area contributed by atoms with Crippen molar-refractivity contribution in [3.63, 3.8) is 0 Å². The van der Waals surface area contributed by atoms with Crippen molar-refractivity contribution >= 4 is 5.69 Å². The van der Waals surface area contributed by atoms with Crippen molar-refractivity contribution in [2.75, 3.05) is 11.9 Å². The number of hydrogen-bond donors (Lipinski definition) is 1. The van der Waals surface area contributed by atoms with Crippen LogP contribution in [0.3, 0.4) is 0 Å². The number of anilines is 1. The molecule has 0 aliphatic carbocycles. The molecule has 3 aromatic rings. The third-order valence-corrected chi connectivity index (χ3v) is 3.85. The Hall–Kier alpha value is -2.68. The van der Waals surface area contributed by atoms with Crippen LogP contribution in [-0.2, 0) is 0 Å². The highest BCUT2D eigenvalue weighted by molar-refractivity contribution is 5.42. The molecule has 0 aliphatic rings. The van der Waals surface area contributed by atoms with Gasteiger partial charge in [0.05, 0.1) is 0 Å². The minimum atomic E-state index is -0.212. The van der Waals surface area contributed by atoms with Gasteiger partial charge in [-0.1, -0.05) is 36.4 Å². The monoisotopic (exact) mass is 306 g/mol. The summed E-state index contributed by atoms with van der Waals surface area (Å²) >= 11 is 0. The second-order valence-corrected chi connectivity index (χ2v) is 5.44.